The molecule has 0 saturated heterocycles. The van der Waals surface area contributed by atoms with E-state index in [1.54, 1.807) is 0 Å². The van der Waals surface area contributed by atoms with Crippen LogP contribution in [-0.2, 0) is 13.2 Å². The molecule has 3 rings (SSSR count). The lowest BCUT2D eigenvalue weighted by atomic mass is 10.3. The van der Waals surface area contributed by atoms with Gasteiger partial charge in [0.1, 0.15) is 18.2 Å². The lowest BCUT2D eigenvalue weighted by Crippen LogP contribution is -2.21. The molecular formula is C17H18N2O3. The maximum absolute atomic E-state index is 9.76. The Labute approximate surface area is 128 Å². The number of hydrogen-bond acceptors (Lipinski definition) is 4. The molecule has 5 heteroatoms. The van der Waals surface area contributed by atoms with Crippen LogP contribution in [0.3, 0.4) is 0 Å². The standard InChI is InChI=1S/C17H18N2O3/c20-11-13(21)10-19-16-9-5-4-8-15(16)18-17(19)12-22-14-6-2-1-3-7-14/h1-9,13,20-21H,10-12H2. The van der Waals surface area contributed by atoms with Gasteiger partial charge in [0.2, 0.25) is 0 Å². The highest BCUT2D eigenvalue weighted by atomic mass is 16.5. The van der Waals surface area contributed by atoms with Crippen LogP contribution in [0.5, 0.6) is 5.75 Å². The van der Waals surface area contributed by atoms with E-state index in [-0.39, 0.29) is 13.2 Å². The Bertz CT molecular complexity index is 740. The number of rotatable bonds is 6. The van der Waals surface area contributed by atoms with Gasteiger partial charge in [-0.3, -0.25) is 0 Å². The molecule has 114 valence electrons. The number of para-hydroxylation sites is 3. The predicted octanol–water partition coefficient (Wildman–Crippen LogP) is 1.97. The minimum absolute atomic E-state index is 0.282. The van der Waals surface area contributed by atoms with Crippen molar-refractivity contribution in [2.45, 2.75) is 19.3 Å². The van der Waals surface area contributed by atoms with Crippen molar-refractivity contribution in [1.82, 2.24) is 9.55 Å². The van der Waals surface area contributed by atoms with Crippen molar-refractivity contribution in [3.05, 3.63) is 60.4 Å². The number of fused-ring (bicyclic) bond motifs is 1. The number of nitrogens with zero attached hydrogens (tertiary/aromatic N) is 2. The van der Waals surface area contributed by atoms with Crippen molar-refractivity contribution >= 4 is 11.0 Å². The van der Waals surface area contributed by atoms with Crippen molar-refractivity contribution in [2.75, 3.05) is 6.61 Å². The van der Waals surface area contributed by atoms with Crippen LogP contribution >= 0.6 is 0 Å². The second-order valence-electron chi connectivity index (χ2n) is 5.07. The summed E-state index contributed by atoms with van der Waals surface area (Å²) in [5.41, 5.74) is 1.76. The van der Waals surface area contributed by atoms with Gasteiger partial charge in [-0.1, -0.05) is 30.3 Å². The molecule has 0 bridgehead atoms. The number of aromatic nitrogens is 2. The Morgan fingerprint density at radius 1 is 1.05 bits per heavy atom. The fourth-order valence-corrected chi connectivity index (χ4v) is 2.37. The number of hydrogen-bond donors (Lipinski definition) is 2. The fourth-order valence-electron chi connectivity index (χ4n) is 2.37. The quantitative estimate of drug-likeness (QED) is 0.730. The first-order valence-corrected chi connectivity index (χ1v) is 7.19. The van der Waals surface area contributed by atoms with E-state index in [1.807, 2.05) is 59.2 Å². The fraction of sp³-hybridized carbons (Fsp3) is 0.235. The molecule has 0 aliphatic rings. The molecule has 0 spiro atoms. The van der Waals surface area contributed by atoms with Gasteiger partial charge in [-0.05, 0) is 24.3 Å². The maximum atomic E-state index is 9.76. The average molecular weight is 298 g/mol. The Kier molecular flexibility index (Phi) is 4.37. The Morgan fingerprint density at radius 2 is 1.77 bits per heavy atom. The number of benzene rings is 2. The smallest absolute Gasteiger partial charge is 0.148 e. The van der Waals surface area contributed by atoms with Gasteiger partial charge in [0.05, 0.1) is 30.3 Å². The number of aliphatic hydroxyl groups excluding tert-OH is 2. The van der Waals surface area contributed by atoms with Gasteiger partial charge < -0.3 is 19.5 Å². The minimum Gasteiger partial charge on any atom is -0.486 e. The van der Waals surface area contributed by atoms with Gasteiger partial charge in [0.15, 0.2) is 0 Å². The molecule has 1 atom stereocenters. The van der Waals surface area contributed by atoms with Crippen molar-refractivity contribution < 1.29 is 14.9 Å². The van der Waals surface area contributed by atoms with Crippen LogP contribution in [0.1, 0.15) is 5.82 Å². The summed E-state index contributed by atoms with van der Waals surface area (Å²) < 4.78 is 7.64. The zero-order valence-electron chi connectivity index (χ0n) is 12.1. The molecule has 0 fully saturated rings. The number of imidazole rings is 1. The third-order valence-corrected chi connectivity index (χ3v) is 3.45. The van der Waals surface area contributed by atoms with E-state index in [4.69, 9.17) is 9.84 Å². The summed E-state index contributed by atoms with van der Waals surface area (Å²) in [6.07, 6.45) is -0.826. The first-order valence-electron chi connectivity index (χ1n) is 7.19. The van der Waals surface area contributed by atoms with E-state index >= 15 is 0 Å². The van der Waals surface area contributed by atoms with Gasteiger partial charge >= 0.3 is 0 Å². The third-order valence-electron chi connectivity index (χ3n) is 3.45. The summed E-state index contributed by atoms with van der Waals surface area (Å²) in [6.45, 7) is 0.298. The van der Waals surface area contributed by atoms with Gasteiger partial charge in [-0.2, -0.15) is 0 Å². The highest BCUT2D eigenvalue weighted by molar-refractivity contribution is 5.75. The van der Waals surface area contributed by atoms with Crippen LogP contribution in [0.25, 0.3) is 11.0 Å². The monoisotopic (exact) mass is 298 g/mol. The molecule has 22 heavy (non-hydrogen) atoms. The summed E-state index contributed by atoms with van der Waals surface area (Å²) >= 11 is 0. The highest BCUT2D eigenvalue weighted by Crippen LogP contribution is 2.18. The molecule has 0 aliphatic carbocycles. The largest absolute Gasteiger partial charge is 0.486 e. The van der Waals surface area contributed by atoms with Crippen LogP contribution in [0.4, 0.5) is 0 Å². The number of ether oxygens (including phenoxy) is 1. The van der Waals surface area contributed by atoms with E-state index in [0.717, 1.165) is 22.6 Å². The zero-order valence-corrected chi connectivity index (χ0v) is 12.1. The molecule has 0 aliphatic heterocycles. The van der Waals surface area contributed by atoms with Crippen LogP contribution in [0.15, 0.2) is 54.6 Å². The first kappa shape index (κ1) is 14.6. The predicted molar refractivity (Wildman–Crippen MR) is 83.6 cm³/mol. The SMILES string of the molecule is OCC(O)Cn1c(COc2ccccc2)nc2ccccc21. The van der Waals surface area contributed by atoms with Crippen molar-refractivity contribution in [3.8, 4) is 5.75 Å². The Morgan fingerprint density at radius 3 is 2.55 bits per heavy atom. The van der Waals surface area contributed by atoms with E-state index in [1.165, 1.54) is 0 Å². The molecule has 2 aromatic carbocycles. The molecule has 0 saturated carbocycles. The summed E-state index contributed by atoms with van der Waals surface area (Å²) in [7, 11) is 0. The van der Waals surface area contributed by atoms with E-state index in [9.17, 15) is 5.11 Å². The van der Waals surface area contributed by atoms with E-state index in [0.29, 0.717) is 6.61 Å². The van der Waals surface area contributed by atoms with Crippen molar-refractivity contribution in [2.24, 2.45) is 0 Å². The van der Waals surface area contributed by atoms with Gasteiger partial charge in [0.25, 0.3) is 0 Å². The molecule has 1 unspecified atom stereocenters. The van der Waals surface area contributed by atoms with Crippen LogP contribution in [0.2, 0.25) is 0 Å². The average Bonchev–Trinajstić information content (AvgIpc) is 2.91. The van der Waals surface area contributed by atoms with Crippen molar-refractivity contribution in [1.29, 1.82) is 0 Å². The molecular weight excluding hydrogens is 280 g/mol. The summed E-state index contributed by atoms with van der Waals surface area (Å²) in [5, 5.41) is 18.8. The van der Waals surface area contributed by atoms with Crippen LogP contribution < -0.4 is 4.74 Å². The van der Waals surface area contributed by atoms with E-state index in [2.05, 4.69) is 4.98 Å². The maximum Gasteiger partial charge on any atom is 0.148 e. The first-order chi connectivity index (χ1) is 10.8. The Hall–Kier alpha value is -2.37. The molecule has 5 nitrogen and oxygen atoms in total. The van der Waals surface area contributed by atoms with Crippen molar-refractivity contribution in [3.63, 3.8) is 0 Å². The lowest BCUT2D eigenvalue weighted by Gasteiger charge is -2.13. The lowest BCUT2D eigenvalue weighted by molar-refractivity contribution is 0.0806. The zero-order chi connectivity index (χ0) is 15.4. The summed E-state index contributed by atoms with van der Waals surface area (Å²) in [6, 6.07) is 17.2. The summed E-state index contributed by atoms with van der Waals surface area (Å²) in [4.78, 5) is 4.56. The summed E-state index contributed by atoms with van der Waals surface area (Å²) in [5.74, 6) is 1.49. The topological polar surface area (TPSA) is 67.5 Å². The molecule has 0 amide bonds. The third kappa shape index (κ3) is 3.10. The molecule has 0 radical (unpaired) electrons. The van der Waals surface area contributed by atoms with Gasteiger partial charge in [-0.15, -0.1) is 0 Å². The van der Waals surface area contributed by atoms with Gasteiger partial charge in [-0.25, -0.2) is 4.98 Å². The Balaban J connectivity index is 1.88. The molecule has 1 aromatic heterocycles. The molecule has 1 heterocycles. The molecule has 3 aromatic rings. The second-order valence-corrected chi connectivity index (χ2v) is 5.07. The molecule has 2 N–H and O–H groups in total. The minimum atomic E-state index is -0.826. The van der Waals surface area contributed by atoms with E-state index < -0.39 is 6.10 Å². The van der Waals surface area contributed by atoms with Crippen LogP contribution in [0, 0.1) is 0 Å². The highest BCUT2D eigenvalue weighted by Gasteiger charge is 2.14. The number of aliphatic hydroxyl groups is 2. The normalized spacial score (nSPS) is 12.5. The van der Waals surface area contributed by atoms with Crippen LogP contribution in [-0.4, -0.2) is 32.5 Å². The van der Waals surface area contributed by atoms with Gasteiger partial charge in [0, 0.05) is 0 Å². The second kappa shape index (κ2) is 6.60.